The summed E-state index contributed by atoms with van der Waals surface area (Å²) in [6, 6.07) is 6.24. The van der Waals surface area contributed by atoms with Crippen molar-refractivity contribution in [3.63, 3.8) is 0 Å². The minimum absolute atomic E-state index is 0.264. The molecule has 0 aromatic heterocycles. The molecule has 1 aromatic rings. The van der Waals surface area contributed by atoms with Crippen molar-refractivity contribution in [1.82, 2.24) is 0 Å². The van der Waals surface area contributed by atoms with Gasteiger partial charge in [-0.05, 0) is 49.9 Å². The van der Waals surface area contributed by atoms with E-state index in [9.17, 15) is 0 Å². The third-order valence-corrected chi connectivity index (χ3v) is 3.32. The molecule has 1 heterocycles. The second-order valence-electron chi connectivity index (χ2n) is 5.48. The molecular weight excluding hydrogens is 266 g/mol. The molecule has 21 heavy (non-hydrogen) atoms. The van der Waals surface area contributed by atoms with Gasteiger partial charge in [-0.25, -0.2) is 0 Å². The Kier molecular flexibility index (Phi) is 6.02. The first-order valence-electron chi connectivity index (χ1n) is 7.48. The van der Waals surface area contributed by atoms with Crippen LogP contribution in [0.25, 0.3) is 0 Å². The molecule has 0 spiro atoms. The molecule has 5 nitrogen and oxygen atoms in total. The van der Waals surface area contributed by atoms with Crippen molar-refractivity contribution in [2.75, 3.05) is 31.7 Å². The number of hydrogen-bond acceptors (Lipinski definition) is 3. The van der Waals surface area contributed by atoms with Gasteiger partial charge in [-0.2, -0.15) is 0 Å². The second-order valence-corrected chi connectivity index (χ2v) is 5.48. The zero-order valence-corrected chi connectivity index (χ0v) is 12.9. The number of nitrogens with one attached hydrogen (secondary N) is 1. The van der Waals surface area contributed by atoms with Gasteiger partial charge in [0.2, 0.25) is 0 Å². The normalized spacial score (nSPS) is 19.0. The van der Waals surface area contributed by atoms with E-state index >= 15 is 0 Å². The summed E-state index contributed by atoms with van der Waals surface area (Å²) in [5.41, 5.74) is 9.28. The average Bonchev–Trinajstić information content (AvgIpc) is 2.90. The van der Waals surface area contributed by atoms with Crippen molar-refractivity contribution < 1.29 is 9.47 Å². The van der Waals surface area contributed by atoms with E-state index in [-0.39, 0.29) is 6.10 Å². The number of rotatable bonds is 6. The lowest BCUT2D eigenvalue weighted by Gasteiger charge is -2.09. The molecular formula is C16H25N3O2. The van der Waals surface area contributed by atoms with E-state index < -0.39 is 0 Å². The Morgan fingerprint density at radius 2 is 2.14 bits per heavy atom. The molecule has 1 aromatic carbocycles. The SMILES string of the molecule is Cc1cc(C)cc(NC(N)=NCCCOC2CCOC2)c1. The first-order valence-corrected chi connectivity index (χ1v) is 7.48. The molecule has 1 aliphatic heterocycles. The van der Waals surface area contributed by atoms with Gasteiger partial charge in [0, 0.05) is 25.4 Å². The number of guanidine groups is 1. The molecule has 5 heteroatoms. The Morgan fingerprint density at radius 1 is 1.38 bits per heavy atom. The maximum Gasteiger partial charge on any atom is 0.193 e. The van der Waals surface area contributed by atoms with Crippen LogP contribution in [0.15, 0.2) is 23.2 Å². The highest BCUT2D eigenvalue weighted by Gasteiger charge is 2.15. The third-order valence-electron chi connectivity index (χ3n) is 3.32. The Hall–Kier alpha value is -1.59. The summed E-state index contributed by atoms with van der Waals surface area (Å²) >= 11 is 0. The number of aliphatic imine (C=N–C) groups is 1. The third kappa shape index (κ3) is 5.73. The van der Waals surface area contributed by atoms with Crippen molar-refractivity contribution in [3.05, 3.63) is 29.3 Å². The summed E-state index contributed by atoms with van der Waals surface area (Å²) in [6.45, 7) is 7.03. The van der Waals surface area contributed by atoms with Crippen molar-refractivity contribution in [2.24, 2.45) is 10.7 Å². The minimum Gasteiger partial charge on any atom is -0.379 e. The smallest absolute Gasteiger partial charge is 0.193 e. The highest BCUT2D eigenvalue weighted by atomic mass is 16.5. The zero-order valence-electron chi connectivity index (χ0n) is 12.9. The van der Waals surface area contributed by atoms with Crippen molar-refractivity contribution in [3.8, 4) is 0 Å². The molecule has 0 aliphatic carbocycles. The Bertz CT molecular complexity index is 462. The predicted octanol–water partition coefficient (Wildman–Crippen LogP) is 2.23. The zero-order chi connectivity index (χ0) is 15.1. The van der Waals surface area contributed by atoms with E-state index in [1.807, 2.05) is 0 Å². The largest absolute Gasteiger partial charge is 0.379 e. The number of ether oxygens (including phenoxy) is 2. The molecule has 0 saturated carbocycles. The van der Waals surface area contributed by atoms with E-state index in [1.165, 1.54) is 11.1 Å². The fourth-order valence-electron chi connectivity index (χ4n) is 2.39. The quantitative estimate of drug-likeness (QED) is 0.479. The fourth-order valence-corrected chi connectivity index (χ4v) is 2.39. The average molecular weight is 291 g/mol. The summed E-state index contributed by atoms with van der Waals surface area (Å²) in [4.78, 5) is 4.31. The van der Waals surface area contributed by atoms with Crippen LogP contribution in [0.5, 0.6) is 0 Å². The molecule has 0 bridgehead atoms. The molecule has 1 fully saturated rings. The standard InChI is InChI=1S/C16H25N3O2/c1-12-8-13(2)10-14(9-12)19-16(17)18-5-3-6-21-15-4-7-20-11-15/h8-10,15H,3-7,11H2,1-2H3,(H3,17,18,19). The van der Waals surface area contributed by atoms with Crippen LogP contribution in [0.1, 0.15) is 24.0 Å². The van der Waals surface area contributed by atoms with E-state index in [1.54, 1.807) is 0 Å². The monoisotopic (exact) mass is 291 g/mol. The molecule has 1 aliphatic rings. The van der Waals surface area contributed by atoms with Gasteiger partial charge in [0.25, 0.3) is 0 Å². The summed E-state index contributed by atoms with van der Waals surface area (Å²) < 4.78 is 10.9. The summed E-state index contributed by atoms with van der Waals surface area (Å²) in [5, 5.41) is 3.12. The number of benzene rings is 1. The van der Waals surface area contributed by atoms with Crippen molar-refractivity contribution in [1.29, 1.82) is 0 Å². The van der Waals surface area contributed by atoms with E-state index in [0.29, 0.717) is 19.1 Å². The number of anilines is 1. The van der Waals surface area contributed by atoms with Crippen LogP contribution < -0.4 is 11.1 Å². The molecule has 2 rings (SSSR count). The van der Waals surface area contributed by atoms with Crippen LogP contribution in [-0.2, 0) is 9.47 Å². The lowest BCUT2D eigenvalue weighted by molar-refractivity contribution is 0.0424. The van der Waals surface area contributed by atoms with Crippen LogP contribution in [0.3, 0.4) is 0 Å². The van der Waals surface area contributed by atoms with E-state index in [0.717, 1.165) is 31.7 Å². The topological polar surface area (TPSA) is 68.9 Å². The van der Waals surface area contributed by atoms with E-state index in [2.05, 4.69) is 42.4 Å². The Balaban J connectivity index is 1.68. The molecule has 3 N–H and O–H groups in total. The molecule has 1 saturated heterocycles. The van der Waals surface area contributed by atoms with Gasteiger partial charge in [0.15, 0.2) is 5.96 Å². The Morgan fingerprint density at radius 3 is 2.81 bits per heavy atom. The van der Waals surface area contributed by atoms with Crippen LogP contribution in [0, 0.1) is 13.8 Å². The minimum atomic E-state index is 0.264. The molecule has 1 unspecified atom stereocenters. The number of nitrogens with zero attached hydrogens (tertiary/aromatic N) is 1. The summed E-state index contributed by atoms with van der Waals surface area (Å²) in [5.74, 6) is 0.448. The first kappa shape index (κ1) is 15.8. The van der Waals surface area contributed by atoms with Crippen molar-refractivity contribution >= 4 is 11.6 Å². The Labute approximate surface area is 126 Å². The lowest BCUT2D eigenvalue weighted by atomic mass is 10.1. The van der Waals surface area contributed by atoms with Crippen LogP contribution >= 0.6 is 0 Å². The van der Waals surface area contributed by atoms with Gasteiger partial charge in [-0.15, -0.1) is 0 Å². The van der Waals surface area contributed by atoms with Gasteiger partial charge >= 0.3 is 0 Å². The number of hydrogen-bond donors (Lipinski definition) is 2. The fraction of sp³-hybridized carbons (Fsp3) is 0.562. The van der Waals surface area contributed by atoms with Gasteiger partial charge < -0.3 is 20.5 Å². The molecule has 1 atom stereocenters. The van der Waals surface area contributed by atoms with Crippen LogP contribution in [0.2, 0.25) is 0 Å². The highest BCUT2D eigenvalue weighted by molar-refractivity contribution is 5.92. The predicted molar refractivity (Wildman–Crippen MR) is 85.8 cm³/mol. The highest BCUT2D eigenvalue weighted by Crippen LogP contribution is 2.13. The molecule has 0 radical (unpaired) electrons. The van der Waals surface area contributed by atoms with Gasteiger partial charge in [0.05, 0.1) is 12.7 Å². The molecule has 116 valence electrons. The second kappa shape index (κ2) is 8.00. The maximum atomic E-state index is 5.89. The maximum absolute atomic E-state index is 5.89. The van der Waals surface area contributed by atoms with Crippen LogP contribution in [-0.4, -0.2) is 38.4 Å². The van der Waals surface area contributed by atoms with E-state index in [4.69, 9.17) is 15.2 Å². The number of nitrogens with two attached hydrogens (primary N) is 1. The van der Waals surface area contributed by atoms with Gasteiger partial charge in [0.1, 0.15) is 0 Å². The van der Waals surface area contributed by atoms with Crippen molar-refractivity contribution in [2.45, 2.75) is 32.8 Å². The van der Waals surface area contributed by atoms with Gasteiger partial charge in [-0.3, -0.25) is 4.99 Å². The molecule has 0 amide bonds. The number of aryl methyl sites for hydroxylation is 2. The summed E-state index contributed by atoms with van der Waals surface area (Å²) in [6.07, 6.45) is 2.13. The lowest BCUT2D eigenvalue weighted by Crippen LogP contribution is -2.23. The summed E-state index contributed by atoms with van der Waals surface area (Å²) in [7, 11) is 0. The first-order chi connectivity index (χ1) is 10.1. The van der Waals surface area contributed by atoms with Gasteiger partial charge in [-0.1, -0.05) is 6.07 Å². The van der Waals surface area contributed by atoms with Crippen LogP contribution in [0.4, 0.5) is 5.69 Å².